The van der Waals surface area contributed by atoms with Crippen LogP contribution < -0.4 is 0 Å². The first kappa shape index (κ1) is 17.0. The SMILES string of the molecule is O=[N+]([O-])c1ccc(C2=NOC(Cc3ccccc3)(c3ccccc3)C2)cc1. The van der Waals surface area contributed by atoms with Crippen molar-refractivity contribution < 1.29 is 9.76 Å². The number of nitro benzene ring substituents is 1. The Morgan fingerprint density at radius 2 is 1.56 bits per heavy atom. The summed E-state index contributed by atoms with van der Waals surface area (Å²) in [6, 6.07) is 26.7. The van der Waals surface area contributed by atoms with Gasteiger partial charge in [0.05, 0.1) is 10.6 Å². The highest BCUT2D eigenvalue weighted by Crippen LogP contribution is 2.39. The monoisotopic (exact) mass is 358 g/mol. The molecular formula is C22H18N2O3. The van der Waals surface area contributed by atoms with Crippen LogP contribution in [0.1, 0.15) is 23.1 Å². The van der Waals surface area contributed by atoms with Crippen molar-refractivity contribution in [3.63, 3.8) is 0 Å². The molecular weight excluding hydrogens is 340 g/mol. The van der Waals surface area contributed by atoms with E-state index in [0.29, 0.717) is 12.8 Å². The standard InChI is InChI=1S/C22H18N2O3/c25-24(26)20-13-11-18(12-14-20)21-16-22(27-23-21,19-9-5-2-6-10-19)15-17-7-3-1-4-8-17/h1-14H,15-16H2. The van der Waals surface area contributed by atoms with E-state index in [-0.39, 0.29) is 5.69 Å². The summed E-state index contributed by atoms with van der Waals surface area (Å²) in [6.07, 6.45) is 1.29. The van der Waals surface area contributed by atoms with Crippen LogP contribution in [0.25, 0.3) is 0 Å². The second-order valence-electron chi connectivity index (χ2n) is 6.63. The predicted molar refractivity (Wildman–Crippen MR) is 104 cm³/mol. The van der Waals surface area contributed by atoms with Gasteiger partial charge in [-0.15, -0.1) is 0 Å². The quantitative estimate of drug-likeness (QED) is 0.483. The van der Waals surface area contributed by atoms with Crippen LogP contribution in [-0.4, -0.2) is 10.6 Å². The molecule has 0 aromatic heterocycles. The third-order valence-corrected chi connectivity index (χ3v) is 4.83. The fourth-order valence-electron chi connectivity index (χ4n) is 3.43. The Hall–Kier alpha value is -3.47. The van der Waals surface area contributed by atoms with Crippen LogP contribution >= 0.6 is 0 Å². The van der Waals surface area contributed by atoms with Crippen molar-refractivity contribution in [2.45, 2.75) is 18.4 Å². The molecule has 1 unspecified atom stereocenters. The molecule has 0 saturated heterocycles. The van der Waals surface area contributed by atoms with Crippen LogP contribution in [0, 0.1) is 10.1 Å². The van der Waals surface area contributed by atoms with Crippen LogP contribution in [-0.2, 0) is 16.9 Å². The summed E-state index contributed by atoms with van der Waals surface area (Å²) in [5, 5.41) is 15.2. The van der Waals surface area contributed by atoms with Crippen molar-refractivity contribution in [3.8, 4) is 0 Å². The minimum absolute atomic E-state index is 0.0665. The van der Waals surface area contributed by atoms with Gasteiger partial charge >= 0.3 is 0 Å². The molecule has 5 nitrogen and oxygen atoms in total. The van der Waals surface area contributed by atoms with Crippen molar-refractivity contribution in [1.82, 2.24) is 0 Å². The largest absolute Gasteiger partial charge is 0.383 e. The zero-order valence-electron chi connectivity index (χ0n) is 14.6. The van der Waals surface area contributed by atoms with Crippen LogP contribution in [0.2, 0.25) is 0 Å². The number of hydrogen-bond donors (Lipinski definition) is 0. The van der Waals surface area contributed by atoms with Gasteiger partial charge in [0.15, 0.2) is 5.60 Å². The van der Waals surface area contributed by atoms with Gasteiger partial charge < -0.3 is 4.84 Å². The second-order valence-corrected chi connectivity index (χ2v) is 6.63. The predicted octanol–water partition coefficient (Wildman–Crippen LogP) is 4.86. The maximum atomic E-state index is 10.9. The first-order valence-corrected chi connectivity index (χ1v) is 8.76. The maximum Gasteiger partial charge on any atom is 0.269 e. The number of non-ortho nitro benzene ring substituents is 1. The van der Waals surface area contributed by atoms with Gasteiger partial charge in [0, 0.05) is 25.0 Å². The van der Waals surface area contributed by atoms with E-state index in [9.17, 15) is 10.1 Å². The number of rotatable bonds is 5. The van der Waals surface area contributed by atoms with Gasteiger partial charge in [0.25, 0.3) is 5.69 Å². The molecule has 3 aromatic carbocycles. The van der Waals surface area contributed by atoms with Crippen molar-refractivity contribution in [3.05, 3.63) is 112 Å². The highest BCUT2D eigenvalue weighted by molar-refractivity contribution is 6.01. The molecule has 0 N–H and O–H groups in total. The molecule has 0 aliphatic carbocycles. The van der Waals surface area contributed by atoms with E-state index in [1.165, 1.54) is 17.7 Å². The molecule has 0 bridgehead atoms. The lowest BCUT2D eigenvalue weighted by atomic mass is 9.82. The minimum Gasteiger partial charge on any atom is -0.383 e. The van der Waals surface area contributed by atoms with Crippen LogP contribution in [0.3, 0.4) is 0 Å². The normalized spacial score (nSPS) is 18.6. The summed E-state index contributed by atoms with van der Waals surface area (Å²) >= 11 is 0. The molecule has 1 atom stereocenters. The average molecular weight is 358 g/mol. The van der Waals surface area contributed by atoms with Gasteiger partial charge in [-0.1, -0.05) is 65.8 Å². The molecule has 0 saturated carbocycles. The smallest absolute Gasteiger partial charge is 0.269 e. The minimum atomic E-state index is -0.584. The molecule has 5 heteroatoms. The summed E-state index contributed by atoms with van der Waals surface area (Å²) in [4.78, 5) is 16.5. The van der Waals surface area contributed by atoms with Crippen LogP contribution in [0.4, 0.5) is 5.69 Å². The van der Waals surface area contributed by atoms with Gasteiger partial charge in [-0.2, -0.15) is 0 Å². The fourth-order valence-corrected chi connectivity index (χ4v) is 3.43. The van der Waals surface area contributed by atoms with Crippen LogP contribution in [0.5, 0.6) is 0 Å². The lowest BCUT2D eigenvalue weighted by Gasteiger charge is -2.27. The topological polar surface area (TPSA) is 64.7 Å². The van der Waals surface area contributed by atoms with Gasteiger partial charge in [-0.25, -0.2) is 0 Å². The zero-order chi connectivity index (χ0) is 18.7. The average Bonchev–Trinajstić information content (AvgIpc) is 3.15. The van der Waals surface area contributed by atoms with Crippen molar-refractivity contribution in [2.24, 2.45) is 5.16 Å². The van der Waals surface area contributed by atoms with E-state index in [1.807, 2.05) is 36.4 Å². The maximum absolute atomic E-state index is 10.9. The van der Waals surface area contributed by atoms with Gasteiger partial charge in [0.1, 0.15) is 0 Å². The van der Waals surface area contributed by atoms with Crippen molar-refractivity contribution >= 4 is 11.4 Å². The summed E-state index contributed by atoms with van der Waals surface area (Å²) in [5.74, 6) is 0. The van der Waals surface area contributed by atoms with E-state index in [1.54, 1.807) is 12.1 Å². The van der Waals surface area contributed by atoms with Crippen molar-refractivity contribution in [1.29, 1.82) is 0 Å². The molecule has 1 aliphatic rings. The third kappa shape index (κ3) is 3.44. The van der Waals surface area contributed by atoms with E-state index in [2.05, 4.69) is 29.4 Å². The summed E-state index contributed by atoms with van der Waals surface area (Å²) in [7, 11) is 0. The number of nitro groups is 1. The van der Waals surface area contributed by atoms with Gasteiger partial charge in [0.2, 0.25) is 0 Å². The fraction of sp³-hybridized carbons (Fsp3) is 0.136. The molecule has 1 heterocycles. The lowest BCUT2D eigenvalue weighted by Crippen LogP contribution is -2.29. The lowest BCUT2D eigenvalue weighted by molar-refractivity contribution is -0.384. The van der Waals surface area contributed by atoms with E-state index in [4.69, 9.17) is 4.84 Å². The molecule has 0 spiro atoms. The first-order valence-electron chi connectivity index (χ1n) is 8.76. The number of hydrogen-bond acceptors (Lipinski definition) is 4. The Morgan fingerprint density at radius 3 is 2.19 bits per heavy atom. The van der Waals surface area contributed by atoms with E-state index < -0.39 is 10.5 Å². The molecule has 0 fully saturated rings. The Kier molecular flexibility index (Phi) is 4.42. The summed E-state index contributed by atoms with van der Waals surface area (Å²) in [6.45, 7) is 0. The summed E-state index contributed by atoms with van der Waals surface area (Å²) in [5.41, 5.74) is 3.35. The summed E-state index contributed by atoms with van der Waals surface area (Å²) < 4.78 is 0. The third-order valence-electron chi connectivity index (χ3n) is 4.83. The Bertz CT molecular complexity index is 969. The molecule has 0 amide bonds. The second kappa shape index (κ2) is 7.03. The van der Waals surface area contributed by atoms with Gasteiger partial charge in [-0.05, 0) is 28.8 Å². The Morgan fingerprint density at radius 1 is 0.926 bits per heavy atom. The van der Waals surface area contributed by atoms with Crippen molar-refractivity contribution in [2.75, 3.05) is 0 Å². The Balaban J connectivity index is 1.65. The molecule has 3 aromatic rings. The van der Waals surface area contributed by atoms with Gasteiger partial charge in [-0.3, -0.25) is 10.1 Å². The molecule has 134 valence electrons. The number of nitrogens with zero attached hydrogens (tertiary/aromatic N) is 2. The zero-order valence-corrected chi connectivity index (χ0v) is 14.6. The van der Waals surface area contributed by atoms with E-state index in [0.717, 1.165) is 16.8 Å². The Labute approximate surface area is 157 Å². The first-order chi connectivity index (χ1) is 13.2. The molecule has 1 aliphatic heterocycles. The number of oxime groups is 1. The molecule has 0 radical (unpaired) electrons. The highest BCUT2D eigenvalue weighted by Gasteiger charge is 2.41. The number of benzene rings is 3. The van der Waals surface area contributed by atoms with Crippen LogP contribution in [0.15, 0.2) is 90.1 Å². The van der Waals surface area contributed by atoms with E-state index >= 15 is 0 Å². The molecule has 27 heavy (non-hydrogen) atoms. The molecule has 4 rings (SSSR count). The highest BCUT2D eigenvalue weighted by atomic mass is 16.7.